The first kappa shape index (κ1) is 20.2. The van der Waals surface area contributed by atoms with Crippen LogP contribution in [0.2, 0.25) is 0 Å². The second-order valence-corrected chi connectivity index (χ2v) is 8.71. The van der Waals surface area contributed by atoms with E-state index in [1.807, 2.05) is 34.6 Å². The van der Waals surface area contributed by atoms with E-state index in [0.29, 0.717) is 6.54 Å². The van der Waals surface area contributed by atoms with E-state index in [2.05, 4.69) is 10.6 Å². The number of sulfone groups is 1. The lowest BCUT2D eigenvalue weighted by atomic mass is 10.1. The van der Waals surface area contributed by atoms with Gasteiger partial charge in [-0.15, -0.1) is 0 Å². The Morgan fingerprint density at radius 2 is 1.86 bits per heavy atom. The van der Waals surface area contributed by atoms with Crippen LogP contribution in [0.25, 0.3) is 0 Å². The first-order valence-corrected chi connectivity index (χ1v) is 9.39. The second-order valence-electron chi connectivity index (χ2n) is 6.53. The number of rotatable bonds is 8. The van der Waals surface area contributed by atoms with Crippen molar-refractivity contribution in [2.24, 2.45) is 0 Å². The van der Waals surface area contributed by atoms with Gasteiger partial charge >= 0.3 is 6.09 Å². The van der Waals surface area contributed by atoms with Crippen LogP contribution in [0, 0.1) is 0 Å². The maximum absolute atomic E-state index is 11.6. The Labute approximate surface area is 128 Å². The zero-order valence-electron chi connectivity index (χ0n) is 14.0. The minimum absolute atomic E-state index is 0.0271. The van der Waals surface area contributed by atoms with Crippen molar-refractivity contribution in [1.29, 1.82) is 0 Å². The minimum atomic E-state index is -3.01. The third kappa shape index (κ3) is 12.6. The number of hydrogen-bond donors (Lipinski definition) is 2. The molecular weight excluding hydrogens is 292 g/mol. The van der Waals surface area contributed by atoms with Crippen LogP contribution < -0.4 is 10.6 Å². The summed E-state index contributed by atoms with van der Waals surface area (Å²) in [5.74, 6) is 0.0830. The Morgan fingerprint density at radius 1 is 1.29 bits per heavy atom. The topological polar surface area (TPSA) is 84.5 Å². The van der Waals surface area contributed by atoms with Crippen molar-refractivity contribution in [3.63, 3.8) is 0 Å². The molecule has 0 aliphatic rings. The lowest BCUT2D eigenvalue weighted by Gasteiger charge is -2.24. The summed E-state index contributed by atoms with van der Waals surface area (Å²) in [6.07, 6.45) is 2.56. The predicted molar refractivity (Wildman–Crippen MR) is 85.2 cm³/mol. The van der Waals surface area contributed by atoms with Gasteiger partial charge in [-0.3, -0.25) is 0 Å². The van der Waals surface area contributed by atoms with Crippen molar-refractivity contribution >= 4 is 15.9 Å². The van der Waals surface area contributed by atoms with Gasteiger partial charge in [0.05, 0.1) is 5.75 Å². The summed E-state index contributed by atoms with van der Waals surface area (Å²) in [6.45, 7) is 9.71. The third-order valence-corrected chi connectivity index (χ3v) is 3.71. The molecule has 6 nitrogen and oxygen atoms in total. The van der Waals surface area contributed by atoms with Gasteiger partial charge < -0.3 is 15.4 Å². The highest BCUT2D eigenvalue weighted by Crippen LogP contribution is 2.06. The number of nitrogens with one attached hydrogen (secondary N) is 2. The standard InChI is InChI=1S/C14H30N2O4S/c1-7-8-12(16-11(2)10-21(6,18)19)9-15-13(17)20-14(3,4)5/h11-12,16H,7-10H2,1-6H3,(H,15,17). The van der Waals surface area contributed by atoms with Crippen LogP contribution in [0.4, 0.5) is 4.79 Å². The highest BCUT2D eigenvalue weighted by Gasteiger charge is 2.19. The quantitative estimate of drug-likeness (QED) is 0.710. The lowest BCUT2D eigenvalue weighted by Crippen LogP contribution is -2.47. The Balaban J connectivity index is 4.33. The Kier molecular flexibility index (Phi) is 8.25. The molecule has 1 amide bonds. The highest BCUT2D eigenvalue weighted by molar-refractivity contribution is 7.90. The molecule has 2 N–H and O–H groups in total. The molecule has 0 radical (unpaired) electrons. The normalized spacial score (nSPS) is 15.3. The molecule has 0 saturated heterocycles. The monoisotopic (exact) mass is 322 g/mol. The SMILES string of the molecule is CCCC(CNC(=O)OC(C)(C)C)NC(C)CS(C)(=O)=O. The first-order chi connectivity index (χ1) is 9.43. The number of carbonyl (C=O) groups excluding carboxylic acids is 1. The van der Waals surface area contributed by atoms with Gasteiger partial charge in [-0.2, -0.15) is 0 Å². The van der Waals surface area contributed by atoms with Gasteiger partial charge in [0, 0.05) is 24.9 Å². The number of hydrogen-bond acceptors (Lipinski definition) is 5. The Morgan fingerprint density at radius 3 is 2.29 bits per heavy atom. The molecule has 0 aromatic rings. The zero-order chi connectivity index (χ0) is 16.7. The van der Waals surface area contributed by atoms with E-state index in [-0.39, 0.29) is 17.8 Å². The van der Waals surface area contributed by atoms with Crippen LogP contribution in [0.3, 0.4) is 0 Å². The summed E-state index contributed by atoms with van der Waals surface area (Å²) < 4.78 is 27.7. The molecule has 0 aliphatic carbocycles. The Hall–Kier alpha value is -0.820. The average molecular weight is 322 g/mol. The molecule has 2 unspecified atom stereocenters. The minimum Gasteiger partial charge on any atom is -0.444 e. The maximum Gasteiger partial charge on any atom is 0.407 e. The number of ether oxygens (including phenoxy) is 1. The summed E-state index contributed by atoms with van der Waals surface area (Å²) in [5.41, 5.74) is -0.526. The summed E-state index contributed by atoms with van der Waals surface area (Å²) >= 11 is 0. The molecule has 21 heavy (non-hydrogen) atoms. The van der Waals surface area contributed by atoms with Crippen molar-refractivity contribution in [3.8, 4) is 0 Å². The van der Waals surface area contributed by atoms with Gasteiger partial charge in [0.2, 0.25) is 0 Å². The second kappa shape index (κ2) is 8.58. The fourth-order valence-electron chi connectivity index (χ4n) is 2.02. The summed E-state index contributed by atoms with van der Waals surface area (Å²) in [4.78, 5) is 11.6. The molecule has 0 bridgehead atoms. The fourth-order valence-corrected chi connectivity index (χ4v) is 3.02. The van der Waals surface area contributed by atoms with E-state index < -0.39 is 21.5 Å². The van der Waals surface area contributed by atoms with Crippen LogP contribution in [0.1, 0.15) is 47.5 Å². The smallest absolute Gasteiger partial charge is 0.407 e. The van der Waals surface area contributed by atoms with Gasteiger partial charge in [0.15, 0.2) is 0 Å². The molecule has 0 heterocycles. The van der Waals surface area contributed by atoms with Crippen molar-refractivity contribution in [2.75, 3.05) is 18.6 Å². The lowest BCUT2D eigenvalue weighted by molar-refractivity contribution is 0.0521. The summed E-state index contributed by atoms with van der Waals surface area (Å²) in [7, 11) is -3.01. The van der Waals surface area contributed by atoms with E-state index in [1.54, 1.807) is 0 Å². The molecule has 7 heteroatoms. The largest absolute Gasteiger partial charge is 0.444 e. The van der Waals surface area contributed by atoms with Crippen molar-refractivity contribution in [1.82, 2.24) is 10.6 Å². The molecular formula is C14H30N2O4S. The first-order valence-electron chi connectivity index (χ1n) is 7.33. The average Bonchev–Trinajstić information content (AvgIpc) is 2.21. The molecule has 0 spiro atoms. The molecule has 0 rings (SSSR count). The van der Waals surface area contributed by atoms with Gasteiger partial charge in [-0.05, 0) is 34.1 Å². The maximum atomic E-state index is 11.6. The van der Waals surface area contributed by atoms with Crippen LogP contribution in [-0.4, -0.2) is 50.7 Å². The number of carbonyl (C=O) groups is 1. The molecule has 0 fully saturated rings. The summed E-state index contributed by atoms with van der Waals surface area (Å²) in [5, 5.41) is 5.96. The van der Waals surface area contributed by atoms with E-state index >= 15 is 0 Å². The molecule has 0 aliphatic heterocycles. The van der Waals surface area contributed by atoms with Crippen LogP contribution >= 0.6 is 0 Å². The summed E-state index contributed by atoms with van der Waals surface area (Å²) in [6, 6.07) is -0.128. The van der Waals surface area contributed by atoms with Crippen LogP contribution in [0.15, 0.2) is 0 Å². The van der Waals surface area contributed by atoms with Crippen molar-refractivity contribution in [3.05, 3.63) is 0 Å². The van der Waals surface area contributed by atoms with E-state index in [0.717, 1.165) is 12.8 Å². The molecule has 126 valence electrons. The molecule has 0 aromatic heterocycles. The fraction of sp³-hybridized carbons (Fsp3) is 0.929. The van der Waals surface area contributed by atoms with Crippen molar-refractivity contribution < 1.29 is 17.9 Å². The number of alkyl carbamates (subject to hydrolysis) is 1. The van der Waals surface area contributed by atoms with Gasteiger partial charge in [0.1, 0.15) is 15.4 Å². The predicted octanol–water partition coefficient (Wildman–Crippen LogP) is 1.70. The highest BCUT2D eigenvalue weighted by atomic mass is 32.2. The van der Waals surface area contributed by atoms with E-state index in [4.69, 9.17) is 4.74 Å². The van der Waals surface area contributed by atoms with Crippen molar-refractivity contribution in [2.45, 2.75) is 65.1 Å². The zero-order valence-corrected chi connectivity index (χ0v) is 14.8. The Bertz CT molecular complexity index is 415. The third-order valence-electron chi connectivity index (χ3n) is 2.60. The molecule has 2 atom stereocenters. The molecule has 0 aromatic carbocycles. The molecule has 0 saturated carbocycles. The van der Waals surface area contributed by atoms with E-state index in [9.17, 15) is 13.2 Å². The van der Waals surface area contributed by atoms with Crippen LogP contribution in [-0.2, 0) is 14.6 Å². The van der Waals surface area contributed by atoms with Gasteiger partial charge in [-0.1, -0.05) is 13.3 Å². The van der Waals surface area contributed by atoms with Gasteiger partial charge in [0.25, 0.3) is 0 Å². The van der Waals surface area contributed by atoms with Gasteiger partial charge in [-0.25, -0.2) is 13.2 Å². The number of amides is 1. The van der Waals surface area contributed by atoms with E-state index in [1.165, 1.54) is 6.26 Å². The van der Waals surface area contributed by atoms with Crippen LogP contribution in [0.5, 0.6) is 0 Å².